The van der Waals surface area contributed by atoms with E-state index in [1.807, 2.05) is 83.3 Å². The van der Waals surface area contributed by atoms with Crippen molar-refractivity contribution < 1.29 is 0 Å². The Bertz CT molecular complexity index is 3880. The number of nitrogens with zero attached hydrogens (tertiary/aromatic N) is 4. The van der Waals surface area contributed by atoms with E-state index in [1.54, 1.807) is 0 Å². The zero-order valence-electron chi connectivity index (χ0n) is 34.3. The van der Waals surface area contributed by atoms with Crippen LogP contribution in [0.2, 0.25) is 0 Å². The van der Waals surface area contributed by atoms with Gasteiger partial charge in [0.05, 0.1) is 16.4 Å². The molecule has 0 N–H and O–H groups in total. The van der Waals surface area contributed by atoms with Crippen LogP contribution in [0.25, 0.3) is 106 Å². The number of fused-ring (bicyclic) bond motifs is 15. The van der Waals surface area contributed by atoms with Crippen LogP contribution >= 0.6 is 0 Å². The maximum Gasteiger partial charge on any atom is 0.263 e. The predicted octanol–water partition coefficient (Wildman–Crippen LogP) is 13.4. The quantitative estimate of drug-likeness (QED) is 0.166. The number of hydrogen-bond acceptors (Lipinski definition) is 4. The number of hydrogen-bond donors (Lipinski definition) is 0. The van der Waals surface area contributed by atoms with E-state index in [-0.39, 0.29) is 5.56 Å². The van der Waals surface area contributed by atoms with Crippen LogP contribution in [0.1, 0.15) is 22.3 Å². The van der Waals surface area contributed by atoms with Crippen LogP contribution in [0, 0.1) is 0 Å². The summed E-state index contributed by atoms with van der Waals surface area (Å²) in [5.41, 5.74) is 16.1. The van der Waals surface area contributed by atoms with Crippen LogP contribution in [0.15, 0.2) is 211 Å². The lowest BCUT2D eigenvalue weighted by molar-refractivity contribution is 0.794. The number of pyridine rings is 1. The molecule has 296 valence electrons. The number of benzene rings is 9. The van der Waals surface area contributed by atoms with E-state index in [4.69, 9.17) is 15.0 Å². The first kappa shape index (κ1) is 35.1. The molecule has 5 heteroatoms. The lowest BCUT2D eigenvalue weighted by atomic mass is 9.70. The highest BCUT2D eigenvalue weighted by molar-refractivity contribution is 6.22. The van der Waals surface area contributed by atoms with Gasteiger partial charge in [0.2, 0.25) is 0 Å². The van der Waals surface area contributed by atoms with E-state index >= 15 is 0 Å². The fraction of sp³-hybridized carbons (Fsp3) is 0.0169. The molecule has 0 atom stereocenters. The van der Waals surface area contributed by atoms with E-state index in [0.717, 1.165) is 60.4 Å². The van der Waals surface area contributed by atoms with Crippen molar-refractivity contribution in [2.75, 3.05) is 0 Å². The second-order valence-corrected chi connectivity index (χ2v) is 17.0. The van der Waals surface area contributed by atoms with Crippen LogP contribution in [-0.4, -0.2) is 19.4 Å². The maximum absolute atomic E-state index is 15.0. The fourth-order valence-electron chi connectivity index (χ4n) is 11.1. The summed E-state index contributed by atoms with van der Waals surface area (Å²) in [4.78, 5) is 30.0. The molecule has 12 aromatic rings. The number of rotatable bonds is 4. The van der Waals surface area contributed by atoms with Gasteiger partial charge in [-0.05, 0) is 97.4 Å². The van der Waals surface area contributed by atoms with Crippen molar-refractivity contribution in [3.8, 4) is 67.5 Å². The third kappa shape index (κ3) is 4.67. The first-order valence-corrected chi connectivity index (χ1v) is 21.7. The van der Waals surface area contributed by atoms with Gasteiger partial charge >= 0.3 is 0 Å². The highest BCUT2D eigenvalue weighted by Gasteiger charge is 2.51. The molecule has 0 saturated carbocycles. The summed E-state index contributed by atoms with van der Waals surface area (Å²) < 4.78 is 1.99. The van der Waals surface area contributed by atoms with Crippen molar-refractivity contribution in [2.24, 2.45) is 0 Å². The molecule has 2 aliphatic carbocycles. The molecule has 64 heavy (non-hydrogen) atoms. The number of aromatic nitrogens is 4. The lowest BCUT2D eigenvalue weighted by Crippen LogP contribution is -2.26. The molecule has 1 spiro atoms. The van der Waals surface area contributed by atoms with Crippen molar-refractivity contribution in [3.05, 3.63) is 239 Å². The molecule has 9 aromatic carbocycles. The lowest BCUT2D eigenvalue weighted by Gasteiger charge is -2.30. The van der Waals surface area contributed by atoms with Gasteiger partial charge in [0.15, 0.2) is 17.5 Å². The Labute approximate surface area is 367 Å². The molecule has 0 saturated heterocycles. The van der Waals surface area contributed by atoms with Gasteiger partial charge in [0, 0.05) is 38.2 Å². The van der Waals surface area contributed by atoms with Gasteiger partial charge < -0.3 is 0 Å². The third-order valence-electron chi connectivity index (χ3n) is 13.8. The van der Waals surface area contributed by atoms with Crippen LogP contribution in [0.4, 0.5) is 0 Å². The van der Waals surface area contributed by atoms with Crippen LogP contribution in [0.3, 0.4) is 0 Å². The first-order valence-electron chi connectivity index (χ1n) is 21.7. The molecule has 0 amide bonds. The first-order chi connectivity index (χ1) is 31.6. The molecule has 0 bridgehead atoms. The molecular weight excluding hydrogens is 781 g/mol. The molecule has 5 nitrogen and oxygen atoms in total. The molecule has 3 aromatic heterocycles. The maximum atomic E-state index is 15.0. The Balaban J connectivity index is 1.03. The summed E-state index contributed by atoms with van der Waals surface area (Å²) in [6.07, 6.45) is 0. The van der Waals surface area contributed by atoms with Gasteiger partial charge in [0.25, 0.3) is 5.56 Å². The van der Waals surface area contributed by atoms with Crippen LogP contribution in [-0.2, 0) is 5.41 Å². The Morgan fingerprint density at radius 2 is 0.797 bits per heavy atom. The zero-order chi connectivity index (χ0) is 42.1. The standard InChI is InChI=1S/C59H34N4O/c64-58-44-26-8-7-22-40(44)47-31-39(37-20-15-21-38(30-37)57-61-55(35-16-3-1-4-17-35)60-56(62-57)36-18-5-2-6-19-36)32-48-46-33-45-43-25-11-14-29-51(43)59(52(45)34-53(46)63(58)54(47)48)49-27-12-9-23-41(49)42-24-10-13-28-50(42)59/h1-34H. The normalized spacial score (nSPS) is 13.2. The molecule has 0 fully saturated rings. The Hall–Kier alpha value is -8.54. The molecular formula is C59H34N4O. The summed E-state index contributed by atoms with van der Waals surface area (Å²) in [5, 5.41) is 4.77. The van der Waals surface area contributed by atoms with E-state index in [1.165, 1.54) is 44.5 Å². The minimum absolute atomic E-state index is 0.00661. The smallest absolute Gasteiger partial charge is 0.263 e. The zero-order valence-corrected chi connectivity index (χ0v) is 34.3. The van der Waals surface area contributed by atoms with E-state index in [2.05, 4.69) is 127 Å². The molecule has 14 rings (SSSR count). The summed E-state index contributed by atoms with van der Waals surface area (Å²) in [7, 11) is 0. The van der Waals surface area contributed by atoms with Crippen molar-refractivity contribution in [3.63, 3.8) is 0 Å². The van der Waals surface area contributed by atoms with Crippen molar-refractivity contribution in [1.82, 2.24) is 19.4 Å². The van der Waals surface area contributed by atoms with Crippen molar-refractivity contribution in [2.45, 2.75) is 5.41 Å². The monoisotopic (exact) mass is 814 g/mol. The van der Waals surface area contributed by atoms with Gasteiger partial charge in [-0.2, -0.15) is 0 Å². The van der Waals surface area contributed by atoms with E-state index < -0.39 is 5.41 Å². The third-order valence-corrected chi connectivity index (χ3v) is 13.8. The van der Waals surface area contributed by atoms with Gasteiger partial charge in [-0.1, -0.05) is 170 Å². The molecule has 2 aliphatic rings. The van der Waals surface area contributed by atoms with E-state index in [0.29, 0.717) is 22.9 Å². The van der Waals surface area contributed by atoms with Gasteiger partial charge in [0.1, 0.15) is 0 Å². The average Bonchev–Trinajstić information content (AvgIpc) is 3.97. The van der Waals surface area contributed by atoms with Gasteiger partial charge in [-0.15, -0.1) is 0 Å². The summed E-state index contributed by atoms with van der Waals surface area (Å²) in [6, 6.07) is 72.5. The van der Waals surface area contributed by atoms with Crippen LogP contribution in [0.5, 0.6) is 0 Å². The summed E-state index contributed by atoms with van der Waals surface area (Å²) in [5.74, 6) is 1.84. The topological polar surface area (TPSA) is 60.2 Å². The largest absolute Gasteiger partial charge is 0.275 e. The SMILES string of the molecule is O=c1c2ccccc2c2cc(-c3cccc(-c4nc(-c5ccccc5)nc(-c5ccccc5)n4)c3)cc3c4cc5c(cc4n1c23)C1(c2ccccc2-c2ccccc21)c1ccccc1-5. The summed E-state index contributed by atoms with van der Waals surface area (Å²) in [6.45, 7) is 0. The highest BCUT2D eigenvalue weighted by atomic mass is 16.1. The highest BCUT2D eigenvalue weighted by Crippen LogP contribution is 2.63. The fourth-order valence-corrected chi connectivity index (χ4v) is 11.1. The van der Waals surface area contributed by atoms with Gasteiger partial charge in [-0.3, -0.25) is 9.20 Å². The molecule has 0 radical (unpaired) electrons. The second-order valence-electron chi connectivity index (χ2n) is 17.0. The Kier molecular flexibility index (Phi) is 7.12. The second kappa shape index (κ2) is 13.0. The minimum Gasteiger partial charge on any atom is -0.275 e. The minimum atomic E-state index is -0.524. The average molecular weight is 815 g/mol. The molecule has 0 aliphatic heterocycles. The Morgan fingerprint density at radius 1 is 0.328 bits per heavy atom. The Morgan fingerprint density at radius 3 is 1.41 bits per heavy atom. The summed E-state index contributed by atoms with van der Waals surface area (Å²) >= 11 is 0. The van der Waals surface area contributed by atoms with Crippen molar-refractivity contribution >= 4 is 38.0 Å². The molecule has 3 heterocycles. The molecule has 0 unspecified atom stereocenters. The van der Waals surface area contributed by atoms with Crippen LogP contribution < -0.4 is 5.56 Å². The van der Waals surface area contributed by atoms with Crippen molar-refractivity contribution in [1.29, 1.82) is 0 Å². The van der Waals surface area contributed by atoms with Gasteiger partial charge in [-0.25, -0.2) is 15.0 Å². The predicted molar refractivity (Wildman–Crippen MR) is 259 cm³/mol. The van der Waals surface area contributed by atoms with E-state index in [9.17, 15) is 4.79 Å².